The molecule has 1 nitrogen and oxygen atoms in total. The van der Waals surface area contributed by atoms with Crippen LogP contribution in [0.15, 0.2) is 67.3 Å². The van der Waals surface area contributed by atoms with E-state index >= 15 is 0 Å². The molecule has 0 heterocycles. The number of carbonyl (C=O) groups excluding carboxylic acids is 1. The Morgan fingerprint density at radius 1 is 0.941 bits per heavy atom. The van der Waals surface area contributed by atoms with E-state index in [4.69, 9.17) is 0 Å². The summed E-state index contributed by atoms with van der Waals surface area (Å²) in [6.45, 7) is 3.48. The van der Waals surface area contributed by atoms with E-state index < -0.39 is 0 Å². The Kier molecular flexibility index (Phi) is 3.51. The fourth-order valence-electron chi connectivity index (χ4n) is 1.74. The third-order valence-corrected chi connectivity index (χ3v) is 2.67. The fourth-order valence-corrected chi connectivity index (χ4v) is 1.74. The summed E-state index contributed by atoms with van der Waals surface area (Å²) in [4.78, 5) is 11.4. The van der Waals surface area contributed by atoms with E-state index in [1.54, 1.807) is 0 Å². The lowest BCUT2D eigenvalue weighted by Crippen LogP contribution is -1.94. The molecule has 2 aromatic carbocycles. The summed E-state index contributed by atoms with van der Waals surface area (Å²) >= 11 is 0. The lowest BCUT2D eigenvalue weighted by atomic mass is 10.0. The molecule has 0 bridgehead atoms. The molecule has 2 rings (SSSR count). The van der Waals surface area contributed by atoms with Gasteiger partial charge in [-0.3, -0.25) is 4.79 Å². The first-order valence-corrected chi connectivity index (χ1v) is 5.59. The fraction of sp³-hybridized carbons (Fsp3) is 0.0625. The van der Waals surface area contributed by atoms with Crippen molar-refractivity contribution in [3.05, 3.63) is 83.9 Å². The van der Waals surface area contributed by atoms with Crippen LogP contribution in [0.5, 0.6) is 0 Å². The molecule has 84 valence electrons. The average Bonchev–Trinajstić information content (AvgIpc) is 2.40. The van der Waals surface area contributed by atoms with Gasteiger partial charge in [-0.25, -0.2) is 0 Å². The van der Waals surface area contributed by atoms with Crippen LogP contribution in [0.3, 0.4) is 0 Å². The molecular formula is C16H14O. The molecule has 0 N–H and O–H groups in total. The van der Waals surface area contributed by atoms with Crippen LogP contribution < -0.4 is 0 Å². The summed E-state index contributed by atoms with van der Waals surface area (Å²) in [6, 6.07) is 18.0. The highest BCUT2D eigenvalue weighted by Gasteiger charge is 2.01. The lowest BCUT2D eigenvalue weighted by Gasteiger charge is -2.02. The van der Waals surface area contributed by atoms with Crippen LogP contribution in [0.4, 0.5) is 0 Å². The van der Waals surface area contributed by atoms with Crippen molar-refractivity contribution >= 4 is 5.78 Å². The molecular weight excluding hydrogens is 208 g/mol. The van der Waals surface area contributed by atoms with Crippen LogP contribution in [0.25, 0.3) is 0 Å². The van der Waals surface area contributed by atoms with Crippen molar-refractivity contribution in [3.8, 4) is 0 Å². The van der Waals surface area contributed by atoms with E-state index in [1.165, 1.54) is 17.2 Å². The number of ketones is 1. The molecule has 0 unspecified atom stereocenters. The van der Waals surface area contributed by atoms with Crippen LogP contribution >= 0.6 is 0 Å². The van der Waals surface area contributed by atoms with Crippen molar-refractivity contribution in [2.24, 2.45) is 0 Å². The first-order valence-electron chi connectivity index (χ1n) is 5.59. The van der Waals surface area contributed by atoms with E-state index in [-0.39, 0.29) is 5.78 Å². The number of allylic oxidation sites excluding steroid dienone is 1. The molecule has 0 aromatic heterocycles. The minimum atomic E-state index is -0.0312. The molecule has 0 spiro atoms. The van der Waals surface area contributed by atoms with Gasteiger partial charge in [0.05, 0.1) is 0 Å². The van der Waals surface area contributed by atoms with Crippen molar-refractivity contribution in [3.63, 3.8) is 0 Å². The van der Waals surface area contributed by atoms with Gasteiger partial charge in [-0.2, -0.15) is 0 Å². The monoisotopic (exact) mass is 222 g/mol. The van der Waals surface area contributed by atoms with Gasteiger partial charge in [0.2, 0.25) is 0 Å². The molecule has 0 aliphatic carbocycles. The maximum atomic E-state index is 11.4. The Balaban J connectivity index is 2.14. The average molecular weight is 222 g/mol. The molecule has 1 heteroatoms. The number of benzene rings is 2. The van der Waals surface area contributed by atoms with Crippen molar-refractivity contribution in [1.29, 1.82) is 0 Å². The largest absolute Gasteiger partial charge is 0.289 e. The highest BCUT2D eigenvalue weighted by atomic mass is 16.1. The third-order valence-electron chi connectivity index (χ3n) is 2.67. The Hall–Kier alpha value is -2.15. The zero-order chi connectivity index (χ0) is 12.1. The predicted molar refractivity (Wildman–Crippen MR) is 70.2 cm³/mol. The standard InChI is InChI=1S/C16H14O/c1-2-16(17)15-10-8-14(9-11-15)12-13-6-4-3-5-7-13/h2-11H,1,12H2. The smallest absolute Gasteiger partial charge is 0.185 e. The zero-order valence-corrected chi connectivity index (χ0v) is 9.60. The van der Waals surface area contributed by atoms with Crippen LogP contribution in [0, 0.1) is 0 Å². The summed E-state index contributed by atoms with van der Waals surface area (Å²) in [5.41, 5.74) is 3.17. The summed E-state index contributed by atoms with van der Waals surface area (Å²) in [7, 11) is 0. The Labute approximate surface area is 101 Å². The van der Waals surface area contributed by atoms with Gasteiger partial charge in [-0.1, -0.05) is 61.2 Å². The summed E-state index contributed by atoms with van der Waals surface area (Å²) < 4.78 is 0. The highest BCUT2D eigenvalue weighted by Crippen LogP contribution is 2.11. The minimum Gasteiger partial charge on any atom is -0.289 e. The summed E-state index contributed by atoms with van der Waals surface area (Å²) in [6.07, 6.45) is 2.23. The first kappa shape index (κ1) is 11.3. The van der Waals surface area contributed by atoms with Gasteiger partial charge in [0.1, 0.15) is 0 Å². The Bertz CT molecular complexity index is 509. The highest BCUT2D eigenvalue weighted by molar-refractivity contribution is 6.04. The molecule has 2 aromatic rings. The van der Waals surface area contributed by atoms with E-state index in [0.717, 1.165) is 6.42 Å². The van der Waals surface area contributed by atoms with Gasteiger partial charge in [0.25, 0.3) is 0 Å². The van der Waals surface area contributed by atoms with Gasteiger partial charge in [0, 0.05) is 5.56 Å². The number of hydrogen-bond donors (Lipinski definition) is 0. The van der Waals surface area contributed by atoms with E-state index in [9.17, 15) is 4.79 Å². The van der Waals surface area contributed by atoms with E-state index in [0.29, 0.717) is 5.56 Å². The maximum Gasteiger partial charge on any atom is 0.185 e. The van der Waals surface area contributed by atoms with E-state index in [2.05, 4.69) is 18.7 Å². The molecule has 0 saturated heterocycles. The van der Waals surface area contributed by atoms with Crippen molar-refractivity contribution in [1.82, 2.24) is 0 Å². The maximum absolute atomic E-state index is 11.4. The predicted octanol–water partition coefficient (Wildman–Crippen LogP) is 3.65. The second-order valence-electron chi connectivity index (χ2n) is 3.93. The second kappa shape index (κ2) is 5.26. The summed E-state index contributed by atoms with van der Waals surface area (Å²) in [5.74, 6) is -0.0312. The Morgan fingerprint density at radius 2 is 1.53 bits per heavy atom. The zero-order valence-electron chi connectivity index (χ0n) is 9.60. The lowest BCUT2D eigenvalue weighted by molar-refractivity contribution is 0.104. The molecule has 0 radical (unpaired) electrons. The molecule has 0 fully saturated rings. The van der Waals surface area contributed by atoms with Gasteiger partial charge >= 0.3 is 0 Å². The number of carbonyl (C=O) groups is 1. The SMILES string of the molecule is C=CC(=O)c1ccc(Cc2ccccc2)cc1. The first-order chi connectivity index (χ1) is 8.29. The normalized spacial score (nSPS) is 9.88. The second-order valence-corrected chi connectivity index (χ2v) is 3.93. The molecule has 17 heavy (non-hydrogen) atoms. The minimum absolute atomic E-state index is 0.0312. The van der Waals surface area contributed by atoms with Crippen molar-refractivity contribution in [2.45, 2.75) is 6.42 Å². The van der Waals surface area contributed by atoms with Crippen LogP contribution in [-0.4, -0.2) is 5.78 Å². The molecule has 0 aliphatic rings. The van der Waals surface area contributed by atoms with Crippen molar-refractivity contribution < 1.29 is 4.79 Å². The molecule has 0 saturated carbocycles. The third kappa shape index (κ3) is 2.91. The number of hydrogen-bond acceptors (Lipinski definition) is 1. The van der Waals surface area contributed by atoms with E-state index in [1.807, 2.05) is 42.5 Å². The molecule has 0 aliphatic heterocycles. The quantitative estimate of drug-likeness (QED) is 0.570. The van der Waals surface area contributed by atoms with Crippen LogP contribution in [-0.2, 0) is 6.42 Å². The topological polar surface area (TPSA) is 17.1 Å². The van der Waals surface area contributed by atoms with Gasteiger partial charge in [-0.05, 0) is 23.6 Å². The number of rotatable bonds is 4. The van der Waals surface area contributed by atoms with Gasteiger partial charge < -0.3 is 0 Å². The van der Waals surface area contributed by atoms with Gasteiger partial charge in [-0.15, -0.1) is 0 Å². The van der Waals surface area contributed by atoms with Crippen LogP contribution in [0.2, 0.25) is 0 Å². The molecule has 0 atom stereocenters. The van der Waals surface area contributed by atoms with Crippen molar-refractivity contribution in [2.75, 3.05) is 0 Å². The Morgan fingerprint density at radius 3 is 2.12 bits per heavy atom. The van der Waals surface area contributed by atoms with Crippen LogP contribution in [0.1, 0.15) is 21.5 Å². The summed E-state index contributed by atoms with van der Waals surface area (Å²) in [5, 5.41) is 0. The molecule has 0 amide bonds. The van der Waals surface area contributed by atoms with Gasteiger partial charge in [0.15, 0.2) is 5.78 Å².